The van der Waals surface area contributed by atoms with Gasteiger partial charge in [0.15, 0.2) is 0 Å². The molecule has 0 fully saturated rings. The van der Waals surface area contributed by atoms with Gasteiger partial charge in [-0.3, -0.25) is 10.4 Å². The summed E-state index contributed by atoms with van der Waals surface area (Å²) in [7, 11) is 0. The molecule has 0 spiro atoms. The van der Waals surface area contributed by atoms with Gasteiger partial charge < -0.3 is 0 Å². The summed E-state index contributed by atoms with van der Waals surface area (Å²) >= 11 is 0. The number of allylic oxidation sites excluding steroid dienone is 3. The lowest BCUT2D eigenvalue weighted by Gasteiger charge is -2.16. The van der Waals surface area contributed by atoms with Crippen molar-refractivity contribution in [2.75, 3.05) is 0 Å². The summed E-state index contributed by atoms with van der Waals surface area (Å²) in [6.45, 7) is 10.6. The van der Waals surface area contributed by atoms with Gasteiger partial charge in [0.05, 0.1) is 5.69 Å². The first-order valence-corrected chi connectivity index (χ1v) is 11.8. The van der Waals surface area contributed by atoms with E-state index in [2.05, 4.69) is 85.2 Å². The molecule has 1 N–H and O–H groups in total. The van der Waals surface area contributed by atoms with Crippen LogP contribution in [0.1, 0.15) is 43.9 Å². The van der Waals surface area contributed by atoms with Crippen LogP contribution < -0.4 is 0 Å². The lowest BCUT2D eigenvalue weighted by Crippen LogP contribution is -2.00. The molecule has 0 aliphatic rings. The fourth-order valence-electron chi connectivity index (χ4n) is 4.03. The molecule has 0 aliphatic heterocycles. The van der Waals surface area contributed by atoms with Gasteiger partial charge in [-0.05, 0) is 67.0 Å². The van der Waals surface area contributed by atoms with Crippen molar-refractivity contribution < 1.29 is 0 Å². The van der Waals surface area contributed by atoms with Gasteiger partial charge >= 0.3 is 0 Å². The molecular weight excluding hydrogens is 414 g/mol. The summed E-state index contributed by atoms with van der Waals surface area (Å²) in [4.78, 5) is 8.95. The maximum absolute atomic E-state index is 7.19. The van der Waals surface area contributed by atoms with Crippen LogP contribution in [0.5, 0.6) is 0 Å². The van der Waals surface area contributed by atoms with Crippen LogP contribution in [0, 0.1) is 5.41 Å². The molecule has 0 unspecified atom stereocenters. The van der Waals surface area contributed by atoms with Gasteiger partial charge in [0.2, 0.25) is 0 Å². The SMILES string of the molecule is C=C(CCc1cccc(CC)c1)c1c(/N=C(C)/C(/C=N\C=N)=C/C)cccc1-c1ccccc1. The highest BCUT2D eigenvalue weighted by Gasteiger charge is 2.14. The van der Waals surface area contributed by atoms with E-state index in [1.165, 1.54) is 11.1 Å². The van der Waals surface area contributed by atoms with E-state index in [0.717, 1.165) is 64.8 Å². The third-order valence-electron chi connectivity index (χ3n) is 5.90. The molecular formula is C31H33N3. The summed E-state index contributed by atoms with van der Waals surface area (Å²) in [6, 6.07) is 25.5. The summed E-state index contributed by atoms with van der Waals surface area (Å²) < 4.78 is 0. The minimum Gasteiger partial charge on any atom is -0.290 e. The number of rotatable bonds is 10. The standard InChI is InChI=1S/C31H33N3/c1-5-25-12-10-13-26(20-25)19-18-23(3)31-29(28-14-8-7-9-15-28)16-11-17-30(31)34-24(4)27(6-2)21-33-22-32/h6-17,20-22,32H,3,5,18-19H2,1-2,4H3/b27-6+,32-22?,33-21-,34-24+. The summed E-state index contributed by atoms with van der Waals surface area (Å²) in [5, 5.41) is 7.19. The molecule has 0 heterocycles. The van der Waals surface area contributed by atoms with Gasteiger partial charge in [0, 0.05) is 23.1 Å². The number of hydrogen-bond acceptors (Lipinski definition) is 2. The molecule has 0 amide bonds. The van der Waals surface area contributed by atoms with E-state index in [-0.39, 0.29) is 0 Å². The number of hydrogen-bond donors (Lipinski definition) is 1. The lowest BCUT2D eigenvalue weighted by molar-refractivity contribution is 1.01. The van der Waals surface area contributed by atoms with E-state index >= 15 is 0 Å². The van der Waals surface area contributed by atoms with Gasteiger partial charge in [-0.1, -0.05) is 86.3 Å². The molecule has 0 atom stereocenters. The maximum atomic E-state index is 7.19. The Bertz CT molecular complexity index is 1230. The number of aryl methyl sites for hydroxylation is 2. The monoisotopic (exact) mass is 447 g/mol. The smallest absolute Gasteiger partial charge is 0.106 e. The highest BCUT2D eigenvalue weighted by molar-refractivity contribution is 6.16. The van der Waals surface area contributed by atoms with Crippen molar-refractivity contribution in [3.63, 3.8) is 0 Å². The molecule has 3 heteroatoms. The summed E-state index contributed by atoms with van der Waals surface area (Å²) in [5.41, 5.74) is 9.77. The Morgan fingerprint density at radius 1 is 0.971 bits per heavy atom. The van der Waals surface area contributed by atoms with Crippen LogP contribution >= 0.6 is 0 Å². The molecule has 3 nitrogen and oxygen atoms in total. The van der Waals surface area contributed by atoms with E-state index in [1.54, 1.807) is 6.21 Å². The van der Waals surface area contributed by atoms with Crippen LogP contribution in [0.3, 0.4) is 0 Å². The molecule has 3 aromatic rings. The Hall–Kier alpha value is -3.85. The van der Waals surface area contributed by atoms with Crippen LogP contribution in [-0.4, -0.2) is 18.3 Å². The number of nitrogens with one attached hydrogen (secondary N) is 1. The van der Waals surface area contributed by atoms with E-state index in [4.69, 9.17) is 10.4 Å². The number of nitrogens with zero attached hydrogens (tertiary/aromatic N) is 2. The van der Waals surface area contributed by atoms with Crippen molar-refractivity contribution >= 4 is 29.5 Å². The van der Waals surface area contributed by atoms with Crippen molar-refractivity contribution in [2.24, 2.45) is 9.98 Å². The molecule has 3 rings (SSSR count). The zero-order valence-electron chi connectivity index (χ0n) is 20.4. The molecule has 3 aromatic carbocycles. The Balaban J connectivity index is 2.03. The molecule has 0 aliphatic carbocycles. The number of aliphatic imine (C=N–C) groups is 2. The average molecular weight is 448 g/mol. The van der Waals surface area contributed by atoms with E-state index in [9.17, 15) is 0 Å². The number of benzene rings is 3. The van der Waals surface area contributed by atoms with Gasteiger partial charge in [0.25, 0.3) is 0 Å². The largest absolute Gasteiger partial charge is 0.290 e. The predicted octanol–water partition coefficient (Wildman–Crippen LogP) is 8.28. The van der Waals surface area contributed by atoms with Crippen molar-refractivity contribution in [1.82, 2.24) is 0 Å². The van der Waals surface area contributed by atoms with E-state index in [1.807, 2.05) is 26.0 Å². The third-order valence-corrected chi connectivity index (χ3v) is 5.90. The van der Waals surface area contributed by atoms with Crippen molar-refractivity contribution in [1.29, 1.82) is 5.41 Å². The minimum absolute atomic E-state index is 0.850. The zero-order valence-corrected chi connectivity index (χ0v) is 20.4. The first kappa shape index (κ1) is 24.8. The Kier molecular flexibility index (Phi) is 9.04. The highest BCUT2D eigenvalue weighted by atomic mass is 14.8. The normalized spacial score (nSPS) is 12.2. The van der Waals surface area contributed by atoms with E-state index < -0.39 is 0 Å². The Morgan fingerprint density at radius 3 is 2.41 bits per heavy atom. The van der Waals surface area contributed by atoms with E-state index in [0.29, 0.717) is 0 Å². The van der Waals surface area contributed by atoms with Crippen LogP contribution in [0.4, 0.5) is 5.69 Å². The van der Waals surface area contributed by atoms with Crippen LogP contribution in [0.2, 0.25) is 0 Å². The van der Waals surface area contributed by atoms with Gasteiger partial charge in [-0.15, -0.1) is 0 Å². The average Bonchev–Trinajstić information content (AvgIpc) is 2.88. The van der Waals surface area contributed by atoms with Crippen LogP contribution in [0.15, 0.2) is 101 Å². The van der Waals surface area contributed by atoms with Gasteiger partial charge in [-0.2, -0.15) is 0 Å². The first-order chi connectivity index (χ1) is 16.6. The molecule has 34 heavy (non-hydrogen) atoms. The first-order valence-electron chi connectivity index (χ1n) is 11.8. The quantitative estimate of drug-likeness (QED) is 0.240. The fourth-order valence-corrected chi connectivity index (χ4v) is 4.03. The molecule has 0 radical (unpaired) electrons. The van der Waals surface area contributed by atoms with Crippen molar-refractivity contribution in [3.05, 3.63) is 108 Å². The van der Waals surface area contributed by atoms with Crippen molar-refractivity contribution in [3.8, 4) is 11.1 Å². The second-order valence-corrected chi connectivity index (χ2v) is 8.19. The topological polar surface area (TPSA) is 48.6 Å². The minimum atomic E-state index is 0.850. The Labute approximate surface area is 203 Å². The fraction of sp³-hybridized carbons (Fsp3) is 0.194. The molecule has 172 valence electrons. The summed E-state index contributed by atoms with van der Waals surface area (Å²) in [6.07, 6.45) is 7.49. The second kappa shape index (κ2) is 12.4. The van der Waals surface area contributed by atoms with Crippen molar-refractivity contribution in [2.45, 2.75) is 40.0 Å². The predicted molar refractivity (Wildman–Crippen MR) is 149 cm³/mol. The molecule has 0 saturated heterocycles. The molecule has 0 saturated carbocycles. The third kappa shape index (κ3) is 6.35. The highest BCUT2D eigenvalue weighted by Crippen LogP contribution is 2.37. The zero-order chi connectivity index (χ0) is 24.3. The second-order valence-electron chi connectivity index (χ2n) is 8.19. The maximum Gasteiger partial charge on any atom is 0.106 e. The molecule has 0 aromatic heterocycles. The van der Waals surface area contributed by atoms with Crippen LogP contribution in [-0.2, 0) is 12.8 Å². The Morgan fingerprint density at radius 2 is 1.71 bits per heavy atom. The van der Waals surface area contributed by atoms with Gasteiger partial charge in [0.1, 0.15) is 6.34 Å². The van der Waals surface area contributed by atoms with Crippen LogP contribution in [0.25, 0.3) is 16.7 Å². The summed E-state index contributed by atoms with van der Waals surface area (Å²) in [5.74, 6) is 0. The molecule has 0 bridgehead atoms. The lowest BCUT2D eigenvalue weighted by atomic mass is 9.90. The van der Waals surface area contributed by atoms with Gasteiger partial charge in [-0.25, -0.2) is 4.99 Å².